The van der Waals surface area contributed by atoms with Crippen molar-refractivity contribution in [2.45, 2.75) is 20.0 Å². The molecule has 0 saturated carbocycles. The van der Waals surface area contributed by atoms with E-state index in [0.717, 1.165) is 0 Å². The zero-order valence-corrected chi connectivity index (χ0v) is 12.9. The maximum atomic E-state index is 12.2. The Morgan fingerprint density at radius 2 is 2.00 bits per heavy atom. The third-order valence-corrected chi connectivity index (χ3v) is 3.79. The average molecular weight is 314 g/mol. The van der Waals surface area contributed by atoms with Crippen LogP contribution in [0, 0.1) is 11.3 Å². The molecule has 1 heterocycles. The molecule has 22 heavy (non-hydrogen) atoms. The van der Waals surface area contributed by atoms with Gasteiger partial charge in [-0.25, -0.2) is 4.79 Å². The normalized spacial score (nSPS) is 17.6. The van der Waals surface area contributed by atoms with Crippen molar-refractivity contribution in [2.75, 3.05) is 0 Å². The molecule has 1 N–H and O–H groups in total. The topological polar surface area (TPSA) is 82.7 Å². The molecule has 0 fully saturated rings. The number of hydrogen-bond donors (Lipinski definition) is 1. The number of oxime groups is 1. The number of nitrogens with zero attached hydrogens (tertiary/aromatic N) is 2. The molecule has 1 aliphatic heterocycles. The van der Waals surface area contributed by atoms with E-state index in [1.807, 2.05) is 0 Å². The highest BCUT2D eigenvalue weighted by Crippen LogP contribution is 2.34. The Bertz CT molecular complexity index is 727. The largest absolute Gasteiger partial charge is 0.459 e. The van der Waals surface area contributed by atoms with Crippen LogP contribution in [0.25, 0.3) is 5.57 Å². The lowest BCUT2D eigenvalue weighted by Gasteiger charge is -2.12. The lowest BCUT2D eigenvalue weighted by molar-refractivity contribution is 0.0377. The molecular weight excluding hydrogens is 300 g/mol. The molecular formula is C16H14N2O3S. The fraction of sp³-hybridized carbons (Fsp3) is 0.188. The predicted octanol–water partition coefficient (Wildman–Crippen LogP) is 3.58. The molecule has 0 atom stereocenters. The highest BCUT2D eigenvalue weighted by molar-refractivity contribution is 8.18. The molecule has 2 rings (SSSR count). The maximum Gasteiger partial charge on any atom is 0.339 e. The number of carbonyl (C=O) groups excluding carboxylic acids is 1. The van der Waals surface area contributed by atoms with Crippen LogP contribution in [0.1, 0.15) is 29.8 Å². The van der Waals surface area contributed by atoms with E-state index >= 15 is 0 Å². The van der Waals surface area contributed by atoms with Gasteiger partial charge in [0.25, 0.3) is 0 Å². The Morgan fingerprint density at radius 3 is 2.55 bits per heavy atom. The molecule has 112 valence electrons. The van der Waals surface area contributed by atoms with Gasteiger partial charge < -0.3 is 9.94 Å². The summed E-state index contributed by atoms with van der Waals surface area (Å²) < 4.78 is 5.22. The number of rotatable bonds is 3. The minimum absolute atomic E-state index is 0.243. The second-order valence-electron chi connectivity index (χ2n) is 4.72. The summed E-state index contributed by atoms with van der Waals surface area (Å²) in [6.45, 7) is 3.54. The second-order valence-corrected chi connectivity index (χ2v) is 5.79. The van der Waals surface area contributed by atoms with E-state index in [4.69, 9.17) is 9.94 Å². The molecule has 0 bridgehead atoms. The summed E-state index contributed by atoms with van der Waals surface area (Å²) >= 11 is 1.17. The minimum atomic E-state index is -0.470. The zero-order chi connectivity index (χ0) is 16.1. The molecule has 1 aliphatic rings. The standard InChI is InChI=1S/C16H14N2O3S/c1-10(2)21-16(19)12-6-4-3-5-11(12)13(9-17)14-7-8-15(18-20)22-14/h3-8,10,20H,1-2H3/b14-13-,18-15-. The smallest absolute Gasteiger partial charge is 0.339 e. The van der Waals surface area contributed by atoms with Crippen LogP contribution in [0.3, 0.4) is 0 Å². The maximum absolute atomic E-state index is 12.2. The van der Waals surface area contributed by atoms with Gasteiger partial charge in [0.2, 0.25) is 0 Å². The van der Waals surface area contributed by atoms with E-state index in [-0.39, 0.29) is 6.10 Å². The van der Waals surface area contributed by atoms with Crippen molar-refractivity contribution in [1.82, 2.24) is 0 Å². The first-order valence-corrected chi connectivity index (χ1v) is 7.41. The van der Waals surface area contributed by atoms with Gasteiger partial charge in [0, 0.05) is 10.5 Å². The van der Waals surface area contributed by atoms with Crippen LogP contribution in [-0.4, -0.2) is 22.3 Å². The van der Waals surface area contributed by atoms with Gasteiger partial charge in [0.05, 0.1) is 17.2 Å². The fourth-order valence-corrected chi connectivity index (χ4v) is 2.72. The number of carbonyl (C=O) groups is 1. The van der Waals surface area contributed by atoms with Gasteiger partial charge in [-0.1, -0.05) is 35.1 Å². The van der Waals surface area contributed by atoms with Gasteiger partial charge >= 0.3 is 5.97 Å². The average Bonchev–Trinajstić information content (AvgIpc) is 2.96. The Morgan fingerprint density at radius 1 is 1.32 bits per heavy atom. The zero-order valence-electron chi connectivity index (χ0n) is 12.1. The van der Waals surface area contributed by atoms with Crippen LogP contribution >= 0.6 is 11.8 Å². The number of thioether (sulfide) groups is 1. The number of allylic oxidation sites excluding steroid dienone is 2. The van der Waals surface area contributed by atoms with Crippen LogP contribution in [-0.2, 0) is 4.74 Å². The molecule has 0 aliphatic carbocycles. The third-order valence-electron chi connectivity index (χ3n) is 2.81. The van der Waals surface area contributed by atoms with Gasteiger partial charge in [0.15, 0.2) is 0 Å². The van der Waals surface area contributed by atoms with Gasteiger partial charge in [-0.3, -0.25) is 0 Å². The summed E-state index contributed by atoms with van der Waals surface area (Å²) in [6.07, 6.45) is 3.04. The summed E-state index contributed by atoms with van der Waals surface area (Å²) in [4.78, 5) is 12.8. The van der Waals surface area contributed by atoms with Crippen LogP contribution in [0.5, 0.6) is 0 Å². The monoisotopic (exact) mass is 314 g/mol. The van der Waals surface area contributed by atoms with Gasteiger partial charge in [-0.05, 0) is 32.1 Å². The quantitative estimate of drug-likeness (QED) is 0.399. The lowest BCUT2D eigenvalue weighted by atomic mass is 10.00. The van der Waals surface area contributed by atoms with Crippen molar-refractivity contribution >= 4 is 28.3 Å². The molecule has 0 amide bonds. The number of esters is 1. The molecule has 6 heteroatoms. The van der Waals surface area contributed by atoms with Crippen LogP contribution in [0.2, 0.25) is 0 Å². The van der Waals surface area contributed by atoms with Crippen molar-refractivity contribution in [3.63, 3.8) is 0 Å². The van der Waals surface area contributed by atoms with E-state index in [9.17, 15) is 10.1 Å². The summed E-state index contributed by atoms with van der Waals surface area (Å²) in [5, 5.41) is 21.8. The van der Waals surface area contributed by atoms with E-state index in [1.165, 1.54) is 11.8 Å². The molecule has 0 unspecified atom stereocenters. The summed E-state index contributed by atoms with van der Waals surface area (Å²) in [5.41, 5.74) is 1.18. The Hall–Kier alpha value is -2.52. The first-order valence-electron chi connectivity index (χ1n) is 6.59. The third kappa shape index (κ3) is 3.38. The van der Waals surface area contributed by atoms with Crippen molar-refractivity contribution in [3.05, 3.63) is 52.4 Å². The van der Waals surface area contributed by atoms with Gasteiger partial charge in [-0.15, -0.1) is 0 Å². The van der Waals surface area contributed by atoms with Crippen LogP contribution in [0.4, 0.5) is 0 Å². The number of nitriles is 1. The molecule has 0 spiro atoms. The first kappa shape index (κ1) is 15.9. The van der Waals surface area contributed by atoms with Gasteiger partial charge in [0.1, 0.15) is 11.1 Å². The number of benzene rings is 1. The Kier molecular flexibility index (Phi) is 5.02. The highest BCUT2D eigenvalue weighted by atomic mass is 32.2. The second kappa shape index (κ2) is 6.96. The van der Waals surface area contributed by atoms with Crippen molar-refractivity contribution in [3.8, 4) is 6.07 Å². The van der Waals surface area contributed by atoms with Crippen LogP contribution < -0.4 is 0 Å². The molecule has 0 radical (unpaired) electrons. The number of hydrogen-bond acceptors (Lipinski definition) is 6. The number of ether oxygens (including phenoxy) is 1. The molecule has 5 nitrogen and oxygen atoms in total. The van der Waals surface area contributed by atoms with E-state index in [1.54, 1.807) is 50.3 Å². The van der Waals surface area contributed by atoms with Crippen LogP contribution in [0.15, 0.2) is 46.5 Å². The van der Waals surface area contributed by atoms with Gasteiger partial charge in [-0.2, -0.15) is 5.26 Å². The Labute approximate surface area is 132 Å². The molecule has 1 aromatic rings. The molecule has 1 aromatic carbocycles. The summed E-state index contributed by atoms with van der Waals surface area (Å²) in [5.74, 6) is -0.470. The SMILES string of the molecule is CC(C)OC(=O)c1ccccc1/C(C#N)=C1C=C/C(=N/O)S/1. The fourth-order valence-electron chi connectivity index (χ4n) is 1.92. The highest BCUT2D eigenvalue weighted by Gasteiger charge is 2.21. The summed E-state index contributed by atoms with van der Waals surface area (Å²) in [7, 11) is 0. The van der Waals surface area contributed by atoms with E-state index < -0.39 is 5.97 Å². The molecule has 0 saturated heterocycles. The van der Waals surface area contributed by atoms with E-state index in [0.29, 0.717) is 26.6 Å². The van der Waals surface area contributed by atoms with E-state index in [2.05, 4.69) is 11.2 Å². The Balaban J connectivity index is 2.49. The summed E-state index contributed by atoms with van der Waals surface area (Å²) in [6, 6.07) is 8.92. The van der Waals surface area contributed by atoms with Crippen molar-refractivity contribution in [1.29, 1.82) is 5.26 Å². The molecule has 0 aromatic heterocycles. The van der Waals surface area contributed by atoms with Crippen molar-refractivity contribution < 1.29 is 14.7 Å². The predicted molar refractivity (Wildman–Crippen MR) is 85.5 cm³/mol. The van der Waals surface area contributed by atoms with Crippen molar-refractivity contribution in [2.24, 2.45) is 5.16 Å². The first-order chi connectivity index (χ1) is 10.6. The lowest BCUT2D eigenvalue weighted by Crippen LogP contribution is -2.13. The minimum Gasteiger partial charge on any atom is -0.459 e.